The summed E-state index contributed by atoms with van der Waals surface area (Å²) in [6, 6.07) is 3.68. The Morgan fingerprint density at radius 1 is 1.46 bits per heavy atom. The van der Waals surface area contributed by atoms with Gasteiger partial charge in [0.2, 0.25) is 0 Å². The molecule has 2 aromatic rings. The summed E-state index contributed by atoms with van der Waals surface area (Å²) >= 11 is 0. The molecule has 0 aliphatic heterocycles. The Morgan fingerprint density at radius 2 is 2.31 bits per heavy atom. The lowest BCUT2D eigenvalue weighted by Crippen LogP contribution is -2.06. The maximum Gasteiger partial charge on any atom is 0.178 e. The van der Waals surface area contributed by atoms with Gasteiger partial charge in [0.25, 0.3) is 0 Å². The first kappa shape index (κ1) is 7.93. The van der Waals surface area contributed by atoms with Crippen LogP contribution < -0.4 is 11.1 Å². The van der Waals surface area contributed by atoms with Gasteiger partial charge in [0.1, 0.15) is 5.82 Å². The van der Waals surface area contributed by atoms with E-state index in [1.807, 2.05) is 12.1 Å². The monoisotopic (exact) mass is 178 g/mol. The number of hydrogen-bond acceptors (Lipinski definition) is 5. The van der Waals surface area contributed by atoms with Crippen LogP contribution in [0.1, 0.15) is 5.82 Å². The Labute approximate surface area is 74.8 Å². The minimum atomic E-state index is 0.335. The van der Waals surface area contributed by atoms with Crippen LogP contribution in [0.5, 0.6) is 0 Å². The molecule has 0 atom stereocenters. The molecule has 13 heavy (non-hydrogen) atoms. The van der Waals surface area contributed by atoms with Crippen molar-refractivity contribution < 1.29 is 0 Å². The van der Waals surface area contributed by atoms with Crippen LogP contribution in [0.3, 0.4) is 0 Å². The van der Waals surface area contributed by atoms with Gasteiger partial charge in [-0.15, -0.1) is 15.3 Å². The van der Waals surface area contributed by atoms with Gasteiger partial charge in [-0.2, -0.15) is 4.52 Å². The van der Waals surface area contributed by atoms with E-state index in [0.29, 0.717) is 18.0 Å². The summed E-state index contributed by atoms with van der Waals surface area (Å²) in [5.74, 6) is 1.43. The van der Waals surface area contributed by atoms with E-state index >= 15 is 0 Å². The summed E-state index contributed by atoms with van der Waals surface area (Å²) in [5.41, 5.74) is 6.18. The molecule has 3 N–H and O–H groups in total. The Morgan fingerprint density at radius 3 is 3.00 bits per heavy atom. The highest BCUT2D eigenvalue weighted by atomic mass is 15.4. The van der Waals surface area contributed by atoms with Crippen LogP contribution in [0.4, 0.5) is 5.82 Å². The number of nitrogens with two attached hydrogens (primary N) is 1. The largest absolute Gasteiger partial charge is 0.372 e. The number of nitrogens with zero attached hydrogens (tertiary/aromatic N) is 4. The fraction of sp³-hybridized carbons (Fsp3) is 0.286. The predicted molar refractivity (Wildman–Crippen MR) is 48.2 cm³/mol. The SMILES string of the molecule is CNc1ccc2nnc(CN)n2n1. The topological polar surface area (TPSA) is 81.1 Å². The van der Waals surface area contributed by atoms with E-state index in [9.17, 15) is 0 Å². The van der Waals surface area contributed by atoms with Gasteiger partial charge >= 0.3 is 0 Å². The maximum absolute atomic E-state index is 5.47. The van der Waals surface area contributed by atoms with Crippen molar-refractivity contribution in [3.63, 3.8) is 0 Å². The third kappa shape index (κ3) is 1.20. The van der Waals surface area contributed by atoms with E-state index in [-0.39, 0.29) is 0 Å². The molecule has 0 aromatic carbocycles. The Hall–Kier alpha value is -1.69. The number of fused-ring (bicyclic) bond motifs is 1. The molecule has 0 spiro atoms. The van der Waals surface area contributed by atoms with Crippen molar-refractivity contribution in [2.45, 2.75) is 6.54 Å². The predicted octanol–water partition coefficient (Wildman–Crippen LogP) is -0.375. The third-order valence-corrected chi connectivity index (χ3v) is 1.77. The Kier molecular flexibility index (Phi) is 1.82. The first-order valence-corrected chi connectivity index (χ1v) is 3.94. The fourth-order valence-corrected chi connectivity index (χ4v) is 1.09. The first-order chi connectivity index (χ1) is 6.35. The second-order valence-corrected chi connectivity index (χ2v) is 2.56. The zero-order chi connectivity index (χ0) is 9.26. The molecule has 2 heterocycles. The van der Waals surface area contributed by atoms with E-state index in [1.165, 1.54) is 0 Å². The molecule has 0 saturated carbocycles. The molecule has 6 heteroatoms. The van der Waals surface area contributed by atoms with Gasteiger partial charge in [-0.1, -0.05) is 0 Å². The van der Waals surface area contributed by atoms with Crippen molar-refractivity contribution in [3.8, 4) is 0 Å². The average molecular weight is 178 g/mol. The third-order valence-electron chi connectivity index (χ3n) is 1.77. The van der Waals surface area contributed by atoms with Gasteiger partial charge in [-0.25, -0.2) is 0 Å². The normalized spacial score (nSPS) is 10.6. The summed E-state index contributed by atoms with van der Waals surface area (Å²) in [6.07, 6.45) is 0. The van der Waals surface area contributed by atoms with Gasteiger partial charge in [0.05, 0.1) is 6.54 Å². The highest BCUT2D eigenvalue weighted by molar-refractivity contribution is 5.43. The van der Waals surface area contributed by atoms with Gasteiger partial charge in [0.15, 0.2) is 11.5 Å². The molecule has 2 rings (SSSR count). The summed E-state index contributed by atoms with van der Waals surface area (Å²) in [5, 5.41) is 15.0. The number of rotatable bonds is 2. The van der Waals surface area contributed by atoms with Crippen LogP contribution >= 0.6 is 0 Å². The van der Waals surface area contributed by atoms with Crippen LogP contribution in [0, 0.1) is 0 Å². The number of nitrogens with one attached hydrogen (secondary N) is 1. The molecule has 6 nitrogen and oxygen atoms in total. The van der Waals surface area contributed by atoms with Crippen LogP contribution in [0.2, 0.25) is 0 Å². The maximum atomic E-state index is 5.47. The molecule has 0 bridgehead atoms. The zero-order valence-electron chi connectivity index (χ0n) is 7.23. The molecule has 2 aromatic heterocycles. The van der Waals surface area contributed by atoms with E-state index in [2.05, 4.69) is 20.6 Å². The average Bonchev–Trinajstić information content (AvgIpc) is 2.59. The summed E-state index contributed by atoms with van der Waals surface area (Å²) in [7, 11) is 1.81. The van der Waals surface area contributed by atoms with Crippen LogP contribution in [0.15, 0.2) is 12.1 Å². The van der Waals surface area contributed by atoms with Crippen LogP contribution in [-0.4, -0.2) is 26.9 Å². The standard InChI is InChI=1S/C7H10N6/c1-9-5-2-3-6-10-11-7(4-8)13(6)12-5/h2-3H,4,8H2,1H3,(H,9,12). The summed E-state index contributed by atoms with van der Waals surface area (Å²) in [6.45, 7) is 0.335. The molecule has 0 fully saturated rings. The lowest BCUT2D eigenvalue weighted by atomic mass is 10.5. The summed E-state index contributed by atoms with van der Waals surface area (Å²) in [4.78, 5) is 0. The number of aromatic nitrogens is 4. The first-order valence-electron chi connectivity index (χ1n) is 3.94. The van der Waals surface area contributed by atoms with E-state index < -0.39 is 0 Å². The zero-order valence-corrected chi connectivity index (χ0v) is 7.23. The molecular weight excluding hydrogens is 168 g/mol. The van der Waals surface area contributed by atoms with Crippen LogP contribution in [0.25, 0.3) is 5.65 Å². The van der Waals surface area contributed by atoms with Gasteiger partial charge in [-0.3, -0.25) is 0 Å². The van der Waals surface area contributed by atoms with Crippen molar-refractivity contribution in [3.05, 3.63) is 18.0 Å². The number of anilines is 1. The second kappa shape index (κ2) is 2.98. The van der Waals surface area contributed by atoms with Crippen molar-refractivity contribution in [1.82, 2.24) is 19.8 Å². The lowest BCUT2D eigenvalue weighted by molar-refractivity contribution is 0.810. The van der Waals surface area contributed by atoms with Crippen molar-refractivity contribution in [2.24, 2.45) is 5.73 Å². The van der Waals surface area contributed by atoms with E-state index in [4.69, 9.17) is 5.73 Å². The molecule has 0 aliphatic rings. The molecule has 0 radical (unpaired) electrons. The highest BCUT2D eigenvalue weighted by Gasteiger charge is 2.04. The molecule has 68 valence electrons. The fourth-order valence-electron chi connectivity index (χ4n) is 1.09. The highest BCUT2D eigenvalue weighted by Crippen LogP contribution is 2.05. The molecule has 0 amide bonds. The van der Waals surface area contributed by atoms with Gasteiger partial charge in [0, 0.05) is 7.05 Å². The minimum absolute atomic E-state index is 0.335. The molecule has 0 saturated heterocycles. The van der Waals surface area contributed by atoms with Gasteiger partial charge in [-0.05, 0) is 12.1 Å². The quantitative estimate of drug-likeness (QED) is 0.655. The molecular formula is C7H10N6. The molecule has 0 aliphatic carbocycles. The van der Waals surface area contributed by atoms with Crippen molar-refractivity contribution in [2.75, 3.05) is 12.4 Å². The van der Waals surface area contributed by atoms with Crippen LogP contribution in [-0.2, 0) is 6.54 Å². The Balaban J connectivity index is 2.64. The van der Waals surface area contributed by atoms with Gasteiger partial charge < -0.3 is 11.1 Å². The second-order valence-electron chi connectivity index (χ2n) is 2.56. The molecule has 0 unspecified atom stereocenters. The summed E-state index contributed by atoms with van der Waals surface area (Å²) < 4.78 is 1.63. The van der Waals surface area contributed by atoms with E-state index in [1.54, 1.807) is 11.6 Å². The van der Waals surface area contributed by atoms with E-state index in [0.717, 1.165) is 5.82 Å². The van der Waals surface area contributed by atoms with Crippen molar-refractivity contribution in [1.29, 1.82) is 0 Å². The lowest BCUT2D eigenvalue weighted by Gasteiger charge is -1.99. The number of hydrogen-bond donors (Lipinski definition) is 2. The minimum Gasteiger partial charge on any atom is -0.372 e. The smallest absolute Gasteiger partial charge is 0.178 e. The van der Waals surface area contributed by atoms with Crippen molar-refractivity contribution >= 4 is 11.5 Å². The Bertz CT molecular complexity index is 420.